The Morgan fingerprint density at radius 1 is 1.40 bits per heavy atom. The van der Waals surface area contributed by atoms with E-state index in [0.717, 1.165) is 0 Å². The van der Waals surface area contributed by atoms with Crippen molar-refractivity contribution in [1.82, 2.24) is 14.8 Å². The summed E-state index contributed by atoms with van der Waals surface area (Å²) in [4.78, 5) is 3.44. The van der Waals surface area contributed by atoms with E-state index in [1.54, 1.807) is 0 Å². The van der Waals surface area contributed by atoms with Crippen LogP contribution in [0.5, 0.6) is 0 Å². The summed E-state index contributed by atoms with van der Waals surface area (Å²) in [6.45, 7) is 0. The number of halogens is 4. The van der Waals surface area contributed by atoms with Crippen molar-refractivity contribution in [3.05, 3.63) is 27.3 Å². The van der Waals surface area contributed by atoms with Crippen LogP contribution in [0.4, 0.5) is 13.2 Å². The fourth-order valence-electron chi connectivity index (χ4n) is 0.927. The number of hydrogen-bond donors (Lipinski definition) is 0. The van der Waals surface area contributed by atoms with Crippen LogP contribution >= 0.6 is 27.3 Å². The van der Waals surface area contributed by atoms with Crippen LogP contribution in [-0.4, -0.2) is 14.8 Å². The molecule has 0 bridgehead atoms. The Balaban J connectivity index is 2.36. The maximum atomic E-state index is 12.2. The Labute approximate surface area is 94.7 Å². The molecule has 15 heavy (non-hydrogen) atoms. The molecule has 80 valence electrons. The van der Waals surface area contributed by atoms with Gasteiger partial charge in [-0.05, 0) is 15.9 Å². The number of aromatic nitrogens is 3. The first kappa shape index (κ1) is 10.6. The molecule has 0 aliphatic heterocycles. The highest BCUT2D eigenvalue weighted by molar-refractivity contribution is 9.10. The molecule has 0 atom stereocenters. The lowest BCUT2D eigenvalue weighted by Crippen LogP contribution is -2.05. The lowest BCUT2D eigenvalue weighted by molar-refractivity contribution is -0.137. The molecule has 0 aliphatic carbocycles. The highest BCUT2D eigenvalue weighted by Gasteiger charge is 2.34. The smallest absolute Gasteiger partial charge is 0.221 e. The summed E-state index contributed by atoms with van der Waals surface area (Å²) in [6, 6.07) is 0. The molecule has 0 N–H and O–H groups in total. The van der Waals surface area contributed by atoms with E-state index in [4.69, 9.17) is 0 Å². The van der Waals surface area contributed by atoms with Crippen LogP contribution in [0.2, 0.25) is 0 Å². The average molecular weight is 298 g/mol. The van der Waals surface area contributed by atoms with Crippen LogP contribution in [0, 0.1) is 0 Å². The fraction of sp³-hybridized carbons (Fsp3) is 0.143. The summed E-state index contributed by atoms with van der Waals surface area (Å²) in [7, 11) is 0. The van der Waals surface area contributed by atoms with Gasteiger partial charge in [-0.25, -0.2) is 9.67 Å². The molecule has 0 fully saturated rings. The van der Waals surface area contributed by atoms with E-state index in [0.29, 0.717) is 15.8 Å². The Morgan fingerprint density at radius 2 is 2.13 bits per heavy atom. The van der Waals surface area contributed by atoms with Crippen LogP contribution in [-0.2, 0) is 6.18 Å². The number of alkyl halides is 3. The molecule has 3 nitrogen and oxygen atoms in total. The van der Waals surface area contributed by atoms with Gasteiger partial charge in [-0.2, -0.15) is 18.3 Å². The van der Waals surface area contributed by atoms with Gasteiger partial charge in [0.2, 0.25) is 0 Å². The lowest BCUT2D eigenvalue weighted by Gasteiger charge is -1.99. The van der Waals surface area contributed by atoms with Gasteiger partial charge in [0.15, 0.2) is 10.8 Å². The molecular formula is C7H3BrF3N3S. The zero-order valence-electron chi connectivity index (χ0n) is 6.99. The third-order valence-corrected chi connectivity index (χ3v) is 2.80. The summed E-state index contributed by atoms with van der Waals surface area (Å²) in [5.74, 6) is 0.165. The molecule has 2 rings (SSSR count). The molecule has 0 saturated carbocycles. The topological polar surface area (TPSA) is 30.7 Å². The number of nitrogens with zero attached hydrogens (tertiary/aromatic N) is 3. The Hall–Kier alpha value is -0.890. The third kappa shape index (κ3) is 2.20. The van der Waals surface area contributed by atoms with Crippen LogP contribution in [0.1, 0.15) is 5.01 Å². The molecule has 0 aromatic carbocycles. The quantitative estimate of drug-likeness (QED) is 0.810. The molecule has 0 aliphatic rings. The van der Waals surface area contributed by atoms with Gasteiger partial charge in [-0.3, -0.25) is 0 Å². The highest BCUT2D eigenvalue weighted by Crippen LogP contribution is 2.32. The van der Waals surface area contributed by atoms with Crippen molar-refractivity contribution in [1.29, 1.82) is 0 Å². The lowest BCUT2D eigenvalue weighted by atomic mass is 10.6. The predicted molar refractivity (Wildman–Crippen MR) is 51.9 cm³/mol. The van der Waals surface area contributed by atoms with Crippen molar-refractivity contribution in [2.45, 2.75) is 6.18 Å². The van der Waals surface area contributed by atoms with Gasteiger partial charge in [0.25, 0.3) is 0 Å². The molecule has 0 radical (unpaired) electrons. The first-order valence-corrected chi connectivity index (χ1v) is 5.37. The molecule has 2 aromatic rings. The fourth-order valence-corrected chi connectivity index (χ4v) is 1.87. The zero-order chi connectivity index (χ0) is 11.1. The van der Waals surface area contributed by atoms with Gasteiger partial charge >= 0.3 is 6.18 Å². The minimum atomic E-state index is -4.40. The van der Waals surface area contributed by atoms with Crippen LogP contribution in [0.3, 0.4) is 0 Å². The number of rotatable bonds is 1. The number of hydrogen-bond acceptors (Lipinski definition) is 3. The van der Waals surface area contributed by atoms with E-state index in [1.165, 1.54) is 22.5 Å². The molecular weight excluding hydrogens is 295 g/mol. The van der Waals surface area contributed by atoms with Gasteiger partial charge < -0.3 is 0 Å². The Morgan fingerprint density at radius 3 is 2.60 bits per heavy atom. The van der Waals surface area contributed by atoms with Gasteiger partial charge in [-0.15, -0.1) is 11.3 Å². The second kappa shape index (κ2) is 3.60. The molecule has 2 heterocycles. The van der Waals surface area contributed by atoms with E-state index >= 15 is 0 Å². The molecule has 8 heteroatoms. The minimum absolute atomic E-state index is 0.165. The van der Waals surface area contributed by atoms with E-state index in [2.05, 4.69) is 26.0 Å². The van der Waals surface area contributed by atoms with Crippen molar-refractivity contribution in [3.63, 3.8) is 0 Å². The molecule has 0 saturated heterocycles. The first-order valence-electron chi connectivity index (χ1n) is 3.70. The van der Waals surface area contributed by atoms with E-state index < -0.39 is 11.2 Å². The molecule has 2 aromatic heterocycles. The minimum Gasteiger partial charge on any atom is -0.221 e. The zero-order valence-corrected chi connectivity index (χ0v) is 9.40. The molecule has 0 spiro atoms. The maximum absolute atomic E-state index is 12.2. The van der Waals surface area contributed by atoms with Crippen molar-refractivity contribution in [2.75, 3.05) is 0 Å². The summed E-state index contributed by atoms with van der Waals surface area (Å²) < 4.78 is 38.7. The van der Waals surface area contributed by atoms with Gasteiger partial charge in [0, 0.05) is 11.6 Å². The predicted octanol–water partition coefficient (Wildman–Crippen LogP) is 3.11. The Kier molecular flexibility index (Phi) is 2.55. The molecule has 0 unspecified atom stereocenters. The normalized spacial score (nSPS) is 12.0. The van der Waals surface area contributed by atoms with E-state index in [-0.39, 0.29) is 5.82 Å². The highest BCUT2D eigenvalue weighted by atomic mass is 79.9. The van der Waals surface area contributed by atoms with E-state index in [1.807, 2.05) is 0 Å². The van der Waals surface area contributed by atoms with Crippen LogP contribution in [0.25, 0.3) is 5.82 Å². The maximum Gasteiger partial charge on any atom is 0.443 e. The summed E-state index contributed by atoms with van der Waals surface area (Å²) >= 11 is 3.69. The number of thiazole rings is 1. The second-order valence-electron chi connectivity index (χ2n) is 2.61. The SMILES string of the molecule is FC(F)(F)c1nc(-n2cc(Br)cn2)cs1. The summed E-state index contributed by atoms with van der Waals surface area (Å²) in [6.07, 6.45) is -1.38. The van der Waals surface area contributed by atoms with Crippen LogP contribution < -0.4 is 0 Å². The van der Waals surface area contributed by atoms with Crippen LogP contribution in [0.15, 0.2) is 22.2 Å². The monoisotopic (exact) mass is 297 g/mol. The average Bonchev–Trinajstić information content (AvgIpc) is 2.69. The Bertz CT molecular complexity index is 476. The van der Waals surface area contributed by atoms with E-state index in [9.17, 15) is 13.2 Å². The van der Waals surface area contributed by atoms with Gasteiger partial charge in [-0.1, -0.05) is 0 Å². The van der Waals surface area contributed by atoms with Crippen molar-refractivity contribution >= 4 is 27.3 Å². The second-order valence-corrected chi connectivity index (χ2v) is 4.39. The molecule has 0 amide bonds. The van der Waals surface area contributed by atoms with Crippen molar-refractivity contribution < 1.29 is 13.2 Å². The van der Waals surface area contributed by atoms with Gasteiger partial charge in [0.1, 0.15) is 0 Å². The standard InChI is InChI=1S/C7H3BrF3N3S/c8-4-1-12-14(2-4)5-3-15-6(13-5)7(9,10)11/h1-3H. The third-order valence-electron chi connectivity index (χ3n) is 1.52. The summed E-state index contributed by atoms with van der Waals surface area (Å²) in [5.41, 5.74) is 0. The van der Waals surface area contributed by atoms with Crippen molar-refractivity contribution in [2.24, 2.45) is 0 Å². The first-order chi connectivity index (χ1) is 6.97. The largest absolute Gasteiger partial charge is 0.443 e. The van der Waals surface area contributed by atoms with Crippen molar-refractivity contribution in [3.8, 4) is 5.82 Å². The van der Waals surface area contributed by atoms with Gasteiger partial charge in [0.05, 0.1) is 10.7 Å². The summed E-state index contributed by atoms with van der Waals surface area (Å²) in [5, 5.41) is 4.26.